The van der Waals surface area contributed by atoms with Crippen LogP contribution in [0.3, 0.4) is 0 Å². The number of aromatic nitrogens is 3. The number of rotatable bonds is 5. The third kappa shape index (κ3) is 4.90. The van der Waals surface area contributed by atoms with Gasteiger partial charge in [-0.1, -0.05) is 6.07 Å². The molecule has 37 heavy (non-hydrogen) atoms. The van der Waals surface area contributed by atoms with E-state index in [1.165, 1.54) is 36.7 Å². The number of H-pyrrole nitrogens is 1. The van der Waals surface area contributed by atoms with Crippen molar-refractivity contribution in [3.63, 3.8) is 0 Å². The first-order valence-corrected chi connectivity index (χ1v) is 11.9. The van der Waals surface area contributed by atoms with Gasteiger partial charge in [0.15, 0.2) is 5.82 Å². The molecule has 196 valence electrons. The molecule has 0 spiro atoms. The lowest BCUT2D eigenvalue weighted by Gasteiger charge is -2.40. The molecular formula is C25H25F4N5O3. The van der Waals surface area contributed by atoms with Crippen LogP contribution < -0.4 is 10.9 Å². The number of imidazole rings is 1. The van der Waals surface area contributed by atoms with Gasteiger partial charge in [0, 0.05) is 50.5 Å². The van der Waals surface area contributed by atoms with E-state index in [1.54, 1.807) is 16.4 Å². The Hall–Kier alpha value is -3.51. The summed E-state index contributed by atoms with van der Waals surface area (Å²) >= 11 is 0. The Bertz CT molecular complexity index is 1350. The molecule has 5 rings (SSSR count). The van der Waals surface area contributed by atoms with E-state index in [-0.39, 0.29) is 36.7 Å². The number of pyridine rings is 1. The van der Waals surface area contributed by atoms with Crippen LogP contribution >= 0.6 is 0 Å². The highest BCUT2D eigenvalue weighted by molar-refractivity contribution is 5.93. The monoisotopic (exact) mass is 519 g/mol. The second kappa shape index (κ2) is 9.42. The molecule has 0 bridgehead atoms. The van der Waals surface area contributed by atoms with Crippen molar-refractivity contribution in [3.8, 4) is 0 Å². The molecule has 2 aromatic heterocycles. The van der Waals surface area contributed by atoms with Crippen molar-refractivity contribution in [1.82, 2.24) is 19.4 Å². The van der Waals surface area contributed by atoms with E-state index in [0.717, 1.165) is 6.07 Å². The van der Waals surface area contributed by atoms with Crippen LogP contribution in [0.15, 0.2) is 47.5 Å². The quantitative estimate of drug-likeness (QED) is 0.449. The minimum atomic E-state index is -3.00. The minimum Gasteiger partial charge on any atom is -0.385 e. The Morgan fingerprint density at radius 2 is 1.95 bits per heavy atom. The fourth-order valence-electron chi connectivity index (χ4n) is 5.12. The van der Waals surface area contributed by atoms with Gasteiger partial charge in [-0.3, -0.25) is 14.5 Å². The van der Waals surface area contributed by atoms with Crippen LogP contribution in [0.1, 0.15) is 54.8 Å². The van der Waals surface area contributed by atoms with E-state index in [1.807, 2.05) is 0 Å². The van der Waals surface area contributed by atoms with Crippen LogP contribution in [-0.4, -0.2) is 55.5 Å². The van der Waals surface area contributed by atoms with Crippen LogP contribution in [-0.2, 0) is 4.79 Å². The van der Waals surface area contributed by atoms with Gasteiger partial charge in [-0.2, -0.15) is 0 Å². The van der Waals surface area contributed by atoms with Crippen molar-refractivity contribution >= 4 is 11.7 Å². The molecule has 0 unspecified atom stereocenters. The summed E-state index contributed by atoms with van der Waals surface area (Å²) in [6.45, 7) is 1.49. The van der Waals surface area contributed by atoms with E-state index in [9.17, 15) is 32.3 Å². The van der Waals surface area contributed by atoms with Gasteiger partial charge in [0.05, 0.1) is 18.0 Å². The third-order valence-electron chi connectivity index (χ3n) is 7.16. The molecule has 2 aliphatic rings. The minimum absolute atomic E-state index is 0.00689. The topological polar surface area (TPSA) is 103 Å². The largest absolute Gasteiger partial charge is 0.385 e. The number of nitrogens with one attached hydrogen (secondary N) is 2. The van der Waals surface area contributed by atoms with Gasteiger partial charge in [0.1, 0.15) is 23.6 Å². The number of likely N-dealkylation sites (tertiary alicyclic amines) is 1. The van der Waals surface area contributed by atoms with Crippen molar-refractivity contribution in [2.75, 3.05) is 18.4 Å². The number of nitrogens with zero attached hydrogens (tertiary/aromatic N) is 3. The summed E-state index contributed by atoms with van der Waals surface area (Å²) in [7, 11) is 0. The van der Waals surface area contributed by atoms with E-state index in [0.29, 0.717) is 5.56 Å². The van der Waals surface area contributed by atoms with Gasteiger partial charge in [-0.25, -0.2) is 22.5 Å². The van der Waals surface area contributed by atoms with E-state index < -0.39 is 59.5 Å². The summed E-state index contributed by atoms with van der Waals surface area (Å²) in [6.07, 6.45) is 1.47. The smallest absolute Gasteiger partial charge is 0.257 e. The molecule has 12 heteroatoms. The zero-order chi connectivity index (χ0) is 26.5. The van der Waals surface area contributed by atoms with Gasteiger partial charge >= 0.3 is 0 Å². The molecule has 1 amide bonds. The predicted octanol–water partition coefficient (Wildman–Crippen LogP) is 3.33. The van der Waals surface area contributed by atoms with Crippen molar-refractivity contribution in [3.05, 3.63) is 81.7 Å². The van der Waals surface area contributed by atoms with Crippen LogP contribution in [0.25, 0.3) is 0 Å². The molecule has 0 aliphatic carbocycles. The fraction of sp³-hybridized carbons (Fsp3) is 0.400. The predicted molar refractivity (Wildman–Crippen MR) is 125 cm³/mol. The number of anilines is 1. The summed E-state index contributed by atoms with van der Waals surface area (Å²) < 4.78 is 58.4. The molecule has 8 nitrogen and oxygen atoms in total. The fourth-order valence-corrected chi connectivity index (χ4v) is 5.12. The molecule has 3 N–H and O–H groups in total. The number of aromatic amines is 1. The highest BCUT2D eigenvalue weighted by Gasteiger charge is 2.46. The number of aliphatic hydroxyl groups is 1. The number of halogens is 4. The van der Waals surface area contributed by atoms with E-state index in [2.05, 4.69) is 15.3 Å². The number of hydrogen-bond acceptors (Lipinski definition) is 5. The Labute approximate surface area is 208 Å². The highest BCUT2D eigenvalue weighted by atomic mass is 19.3. The first-order chi connectivity index (χ1) is 17.5. The second-order valence-corrected chi connectivity index (χ2v) is 9.57. The van der Waals surface area contributed by atoms with Crippen LogP contribution in [0.4, 0.5) is 23.4 Å². The van der Waals surface area contributed by atoms with Crippen LogP contribution in [0, 0.1) is 11.6 Å². The maximum atomic E-state index is 14.7. The van der Waals surface area contributed by atoms with Gasteiger partial charge in [-0.05, 0) is 30.2 Å². The Morgan fingerprint density at radius 3 is 2.62 bits per heavy atom. The molecular weight excluding hydrogens is 494 g/mol. The van der Waals surface area contributed by atoms with E-state index >= 15 is 0 Å². The molecule has 0 radical (unpaired) electrons. The summed E-state index contributed by atoms with van der Waals surface area (Å²) in [5.74, 6) is -5.80. The maximum Gasteiger partial charge on any atom is 0.257 e. The lowest BCUT2D eigenvalue weighted by atomic mass is 9.87. The van der Waals surface area contributed by atoms with Crippen LogP contribution in [0.2, 0.25) is 0 Å². The Balaban J connectivity index is 1.31. The van der Waals surface area contributed by atoms with Crippen LogP contribution in [0.5, 0.6) is 0 Å². The van der Waals surface area contributed by atoms with Crippen molar-refractivity contribution < 1.29 is 27.5 Å². The number of benzene rings is 1. The normalized spacial score (nSPS) is 24.0. The van der Waals surface area contributed by atoms with Crippen molar-refractivity contribution in [2.24, 2.45) is 0 Å². The number of hydrogen-bond donors (Lipinski definition) is 3. The first kappa shape index (κ1) is 25.2. The number of amides is 1. The van der Waals surface area contributed by atoms with E-state index in [4.69, 9.17) is 0 Å². The Kier molecular flexibility index (Phi) is 6.40. The molecule has 1 aromatic carbocycles. The van der Waals surface area contributed by atoms with Gasteiger partial charge in [0.2, 0.25) is 11.5 Å². The van der Waals surface area contributed by atoms with Gasteiger partial charge in [-0.15, -0.1) is 0 Å². The Morgan fingerprint density at radius 1 is 1.22 bits per heavy atom. The number of carbonyl (C=O) groups excluding carboxylic acids is 1. The maximum absolute atomic E-state index is 14.7. The summed E-state index contributed by atoms with van der Waals surface area (Å²) in [5, 5.41) is 13.1. The molecule has 3 aromatic rings. The molecule has 1 fully saturated rings. The number of carbonyl (C=O) groups is 1. The lowest BCUT2D eigenvalue weighted by molar-refractivity contribution is -0.125. The molecule has 4 heterocycles. The summed E-state index contributed by atoms with van der Waals surface area (Å²) in [5.41, 5.74) is 0.206. The zero-order valence-corrected chi connectivity index (χ0v) is 19.8. The molecule has 1 saturated heterocycles. The SMILES string of the molecule is C[C@@H](C(=O)Nc1cn2c(n1)[C@H](O)C[C@H]2c1cc(F)cc(F)c1)N1CCC(F)(F)[C@@H](c2ccc(=O)[nH]c2)C1. The first-order valence-electron chi connectivity index (χ1n) is 11.9. The number of piperidine rings is 1. The van der Waals surface area contributed by atoms with Gasteiger partial charge < -0.3 is 20.0 Å². The van der Waals surface area contributed by atoms with Crippen molar-refractivity contribution in [1.29, 1.82) is 0 Å². The summed E-state index contributed by atoms with van der Waals surface area (Å²) in [6, 6.07) is 4.32. The number of alkyl halides is 2. The van der Waals surface area contributed by atoms with Crippen molar-refractivity contribution in [2.45, 2.75) is 49.8 Å². The third-order valence-corrected chi connectivity index (χ3v) is 7.16. The molecule has 0 saturated carbocycles. The average Bonchev–Trinajstić information content (AvgIpc) is 3.38. The highest BCUT2D eigenvalue weighted by Crippen LogP contribution is 2.41. The molecule has 2 aliphatic heterocycles. The lowest BCUT2D eigenvalue weighted by Crippen LogP contribution is -2.52. The zero-order valence-electron chi connectivity index (χ0n) is 19.8. The van der Waals surface area contributed by atoms with Gasteiger partial charge in [0.25, 0.3) is 5.92 Å². The standard InChI is InChI=1S/C25H25F4N5O3/c1-13(33-5-4-25(28,29)18(11-33)14-2-3-22(36)30-10-14)24(37)32-21-12-34-19(9-20(35)23(34)31-21)15-6-16(26)8-17(27)7-15/h2-3,6-8,10,12-13,18-20,35H,4-5,9,11H2,1H3,(H,30,36)(H,32,37)/t13-,18+,19-,20+/m0/s1. The second-order valence-electron chi connectivity index (χ2n) is 9.57. The summed E-state index contributed by atoms with van der Waals surface area (Å²) in [4.78, 5) is 32.7. The number of fused-ring (bicyclic) bond motifs is 1. The average molecular weight is 519 g/mol. The number of aliphatic hydroxyl groups excluding tert-OH is 1. The molecule has 4 atom stereocenters.